The Morgan fingerprint density at radius 3 is 2.07 bits per heavy atom. The molecule has 1 amide bonds. The number of anilines is 1. The van der Waals surface area contributed by atoms with Crippen LogP contribution in [0.4, 0.5) is 5.69 Å². The maximum Gasteiger partial charge on any atom is 0.306 e. The largest absolute Gasteiger partial charge is 0.497 e. The van der Waals surface area contributed by atoms with Gasteiger partial charge in [0, 0.05) is 23.7 Å². The van der Waals surface area contributed by atoms with E-state index in [2.05, 4.69) is 5.32 Å². The topological polar surface area (TPSA) is 90.9 Å². The van der Waals surface area contributed by atoms with Crippen molar-refractivity contribution in [2.75, 3.05) is 19.5 Å². The minimum atomic E-state index is -0.949. The Morgan fingerprint density at radius 1 is 0.966 bits per heavy atom. The van der Waals surface area contributed by atoms with Gasteiger partial charge in [0.15, 0.2) is 11.9 Å². The van der Waals surface area contributed by atoms with Crippen LogP contribution in [0.3, 0.4) is 0 Å². The number of ether oxygens (including phenoxy) is 3. The number of hydrogen-bond donors (Lipinski definition) is 1. The molecular formula is C22H25NO6. The van der Waals surface area contributed by atoms with Gasteiger partial charge in [-0.2, -0.15) is 0 Å². The second-order valence-corrected chi connectivity index (χ2v) is 6.48. The number of carbonyl (C=O) groups is 3. The smallest absolute Gasteiger partial charge is 0.306 e. The number of esters is 1. The number of aryl methyl sites for hydroxylation is 1. The third kappa shape index (κ3) is 6.64. The molecule has 0 fully saturated rings. The first-order chi connectivity index (χ1) is 13.8. The predicted octanol–water partition coefficient (Wildman–Crippen LogP) is 3.41. The fraction of sp³-hybridized carbons (Fsp3) is 0.318. The normalized spacial score (nSPS) is 11.3. The van der Waals surface area contributed by atoms with E-state index in [-0.39, 0.29) is 12.2 Å². The Kier molecular flexibility index (Phi) is 7.77. The molecule has 154 valence electrons. The second-order valence-electron chi connectivity index (χ2n) is 6.48. The lowest BCUT2D eigenvalue weighted by Gasteiger charge is -2.14. The van der Waals surface area contributed by atoms with Crippen LogP contribution >= 0.6 is 0 Å². The molecule has 0 unspecified atom stereocenters. The first-order valence-electron chi connectivity index (χ1n) is 9.15. The van der Waals surface area contributed by atoms with Gasteiger partial charge in [-0.1, -0.05) is 0 Å². The number of hydrogen-bond acceptors (Lipinski definition) is 6. The highest BCUT2D eigenvalue weighted by Gasteiger charge is 2.18. The SMILES string of the molecule is COc1cc(CCC(=O)O[C@H](C)C(=O)Nc2ccc(C(C)=O)cc2)cc(OC)c1. The van der Waals surface area contributed by atoms with E-state index in [1.54, 1.807) is 44.6 Å². The van der Waals surface area contributed by atoms with Crippen LogP contribution in [-0.4, -0.2) is 38.0 Å². The first-order valence-corrected chi connectivity index (χ1v) is 9.15. The van der Waals surface area contributed by atoms with Crippen LogP contribution < -0.4 is 14.8 Å². The average molecular weight is 399 g/mol. The van der Waals surface area contributed by atoms with Crippen LogP contribution in [0.25, 0.3) is 0 Å². The molecular weight excluding hydrogens is 374 g/mol. The van der Waals surface area contributed by atoms with Crippen molar-refractivity contribution in [1.82, 2.24) is 0 Å². The molecule has 2 rings (SSSR count). The Morgan fingerprint density at radius 2 is 1.55 bits per heavy atom. The Labute approximate surface area is 170 Å². The van der Waals surface area contributed by atoms with Crippen molar-refractivity contribution in [1.29, 1.82) is 0 Å². The van der Waals surface area contributed by atoms with Gasteiger partial charge in [0.25, 0.3) is 5.91 Å². The van der Waals surface area contributed by atoms with Gasteiger partial charge < -0.3 is 19.5 Å². The molecule has 0 bridgehead atoms. The minimum absolute atomic E-state index is 0.0566. The van der Waals surface area contributed by atoms with E-state index >= 15 is 0 Å². The van der Waals surface area contributed by atoms with Crippen molar-refractivity contribution in [3.05, 3.63) is 53.6 Å². The lowest BCUT2D eigenvalue weighted by molar-refractivity contribution is -0.153. The number of Topliss-reactive ketones (excluding diaryl/α,β-unsaturated/α-hetero) is 1. The van der Waals surface area contributed by atoms with Gasteiger partial charge in [-0.3, -0.25) is 14.4 Å². The van der Waals surface area contributed by atoms with Gasteiger partial charge >= 0.3 is 5.97 Å². The Balaban J connectivity index is 1.86. The van der Waals surface area contributed by atoms with Crippen LogP contribution in [0, 0.1) is 0 Å². The molecule has 0 aliphatic carbocycles. The van der Waals surface area contributed by atoms with Crippen LogP contribution in [0.5, 0.6) is 11.5 Å². The molecule has 2 aromatic rings. The predicted molar refractivity (Wildman–Crippen MR) is 108 cm³/mol. The first kappa shape index (κ1) is 21.9. The minimum Gasteiger partial charge on any atom is -0.497 e. The number of nitrogens with one attached hydrogen (secondary N) is 1. The number of carbonyl (C=O) groups excluding carboxylic acids is 3. The number of amides is 1. The van der Waals surface area contributed by atoms with Crippen LogP contribution in [0.2, 0.25) is 0 Å². The van der Waals surface area contributed by atoms with Crippen molar-refractivity contribution >= 4 is 23.3 Å². The maximum atomic E-state index is 12.2. The number of rotatable bonds is 9. The lowest BCUT2D eigenvalue weighted by Crippen LogP contribution is -2.30. The highest BCUT2D eigenvalue weighted by atomic mass is 16.5. The monoisotopic (exact) mass is 399 g/mol. The fourth-order valence-corrected chi connectivity index (χ4v) is 2.60. The molecule has 0 saturated heterocycles. The van der Waals surface area contributed by atoms with Gasteiger partial charge in [-0.05, 0) is 62.2 Å². The molecule has 7 nitrogen and oxygen atoms in total. The van der Waals surface area contributed by atoms with E-state index in [0.29, 0.717) is 29.2 Å². The van der Waals surface area contributed by atoms with Crippen molar-refractivity contribution in [2.45, 2.75) is 32.8 Å². The molecule has 0 radical (unpaired) electrons. The molecule has 7 heteroatoms. The van der Waals surface area contributed by atoms with Gasteiger partial charge in [0.2, 0.25) is 0 Å². The quantitative estimate of drug-likeness (QED) is 0.513. The van der Waals surface area contributed by atoms with Crippen LogP contribution in [0.15, 0.2) is 42.5 Å². The molecule has 1 atom stereocenters. The summed E-state index contributed by atoms with van der Waals surface area (Å²) in [6.07, 6.45) is -0.413. The van der Waals surface area contributed by atoms with Crippen molar-refractivity contribution in [3.63, 3.8) is 0 Å². The maximum absolute atomic E-state index is 12.2. The number of methoxy groups -OCH3 is 2. The molecule has 29 heavy (non-hydrogen) atoms. The molecule has 0 heterocycles. The van der Waals surface area contributed by atoms with Crippen molar-refractivity contribution < 1.29 is 28.6 Å². The van der Waals surface area contributed by atoms with Crippen molar-refractivity contribution in [3.8, 4) is 11.5 Å². The zero-order chi connectivity index (χ0) is 21.4. The van der Waals surface area contributed by atoms with Gasteiger partial charge in [0.05, 0.1) is 14.2 Å². The van der Waals surface area contributed by atoms with E-state index in [9.17, 15) is 14.4 Å². The highest BCUT2D eigenvalue weighted by molar-refractivity contribution is 5.97. The summed E-state index contributed by atoms with van der Waals surface area (Å²) in [5.74, 6) is 0.282. The van der Waals surface area contributed by atoms with Crippen LogP contribution in [-0.2, 0) is 20.7 Å². The van der Waals surface area contributed by atoms with E-state index in [4.69, 9.17) is 14.2 Å². The van der Waals surface area contributed by atoms with E-state index < -0.39 is 18.0 Å². The Bertz CT molecular complexity index is 853. The summed E-state index contributed by atoms with van der Waals surface area (Å²) in [6.45, 7) is 2.97. The number of benzene rings is 2. The van der Waals surface area contributed by atoms with Crippen LogP contribution in [0.1, 0.15) is 36.2 Å². The summed E-state index contributed by atoms with van der Waals surface area (Å²) < 4.78 is 15.6. The highest BCUT2D eigenvalue weighted by Crippen LogP contribution is 2.23. The molecule has 0 spiro atoms. The zero-order valence-electron chi connectivity index (χ0n) is 17.0. The summed E-state index contributed by atoms with van der Waals surface area (Å²) >= 11 is 0. The van der Waals surface area contributed by atoms with Gasteiger partial charge in [0.1, 0.15) is 11.5 Å². The molecule has 2 aromatic carbocycles. The van der Waals surface area contributed by atoms with Crippen molar-refractivity contribution in [2.24, 2.45) is 0 Å². The zero-order valence-corrected chi connectivity index (χ0v) is 17.0. The van der Waals surface area contributed by atoms with Gasteiger partial charge in [-0.25, -0.2) is 0 Å². The summed E-state index contributed by atoms with van der Waals surface area (Å²) in [6, 6.07) is 11.9. The number of ketones is 1. The summed E-state index contributed by atoms with van der Waals surface area (Å²) in [5.41, 5.74) is 1.93. The summed E-state index contributed by atoms with van der Waals surface area (Å²) in [5, 5.41) is 2.66. The molecule has 0 aliphatic heterocycles. The fourth-order valence-electron chi connectivity index (χ4n) is 2.60. The standard InChI is InChI=1S/C22H25NO6/c1-14(24)17-6-8-18(9-7-17)23-22(26)15(2)29-21(25)10-5-16-11-19(27-3)13-20(12-16)28-4/h6-9,11-13,15H,5,10H2,1-4H3,(H,23,26)/t15-/m1/s1. The van der Waals surface area contributed by atoms with E-state index in [1.807, 2.05) is 12.1 Å². The second kappa shape index (κ2) is 10.3. The molecule has 0 aliphatic rings. The summed E-state index contributed by atoms with van der Waals surface area (Å²) in [7, 11) is 3.11. The third-order valence-corrected chi connectivity index (χ3v) is 4.27. The van der Waals surface area contributed by atoms with Gasteiger partial charge in [-0.15, -0.1) is 0 Å². The van der Waals surface area contributed by atoms with E-state index in [1.165, 1.54) is 13.8 Å². The summed E-state index contributed by atoms with van der Waals surface area (Å²) in [4.78, 5) is 35.6. The lowest BCUT2D eigenvalue weighted by atomic mass is 10.1. The average Bonchev–Trinajstić information content (AvgIpc) is 2.72. The molecule has 0 aromatic heterocycles. The third-order valence-electron chi connectivity index (χ3n) is 4.27. The molecule has 0 saturated carbocycles. The van der Waals surface area contributed by atoms with E-state index in [0.717, 1.165) is 5.56 Å². The molecule has 1 N–H and O–H groups in total. The Hall–Kier alpha value is -3.35.